The van der Waals surface area contributed by atoms with Gasteiger partial charge >= 0.3 is 6.03 Å². The van der Waals surface area contributed by atoms with Crippen molar-refractivity contribution < 1.29 is 28.7 Å². The van der Waals surface area contributed by atoms with Gasteiger partial charge in [-0.25, -0.2) is 9.69 Å². The highest BCUT2D eigenvalue weighted by molar-refractivity contribution is 6.39. The molecule has 3 aromatic carbocycles. The van der Waals surface area contributed by atoms with Crippen molar-refractivity contribution in [2.75, 3.05) is 11.5 Å². The van der Waals surface area contributed by atoms with E-state index < -0.39 is 30.4 Å². The van der Waals surface area contributed by atoms with Crippen molar-refractivity contribution >= 4 is 47.1 Å². The quantitative estimate of drug-likeness (QED) is 0.356. The number of hydrogen-bond acceptors (Lipinski definition) is 6. The fourth-order valence-corrected chi connectivity index (χ4v) is 3.57. The van der Waals surface area contributed by atoms with Crippen molar-refractivity contribution in [3.05, 3.63) is 94.5 Å². The van der Waals surface area contributed by atoms with Crippen molar-refractivity contribution in [2.45, 2.75) is 6.61 Å². The van der Waals surface area contributed by atoms with Gasteiger partial charge in [0.15, 0.2) is 6.61 Å². The standard InChI is InChI=1S/C26H20ClN3O6/c27-18-6-11-22(36-15-23(28)31)17(12-18)13-21-24(32)29-26(34)30(25(21)33)19-7-9-20(10-8-19)35-14-16-4-2-1-3-5-16/h1-13H,14-15H2,(H2,28,31)(H,29,32,34)/b21-13+. The van der Waals surface area contributed by atoms with E-state index in [1.54, 1.807) is 12.1 Å². The van der Waals surface area contributed by atoms with Crippen LogP contribution >= 0.6 is 11.6 Å². The number of imide groups is 2. The van der Waals surface area contributed by atoms with Gasteiger partial charge in [0.1, 0.15) is 23.7 Å². The van der Waals surface area contributed by atoms with Crippen LogP contribution in [0.3, 0.4) is 0 Å². The molecule has 10 heteroatoms. The summed E-state index contributed by atoms with van der Waals surface area (Å²) in [5.41, 5.74) is 6.27. The third-order valence-corrected chi connectivity index (χ3v) is 5.32. The van der Waals surface area contributed by atoms with Crippen LogP contribution < -0.4 is 25.4 Å². The molecule has 0 unspecified atom stereocenters. The monoisotopic (exact) mass is 505 g/mol. The first kappa shape index (κ1) is 24.5. The van der Waals surface area contributed by atoms with Crippen molar-refractivity contribution in [3.8, 4) is 11.5 Å². The molecule has 1 aliphatic rings. The highest BCUT2D eigenvalue weighted by Gasteiger charge is 2.37. The zero-order valence-corrected chi connectivity index (χ0v) is 19.5. The number of ether oxygens (including phenoxy) is 2. The van der Waals surface area contributed by atoms with Crippen LogP contribution in [0.25, 0.3) is 6.08 Å². The van der Waals surface area contributed by atoms with Crippen LogP contribution in [0.1, 0.15) is 11.1 Å². The molecule has 0 atom stereocenters. The van der Waals surface area contributed by atoms with Crippen LogP contribution in [-0.4, -0.2) is 30.4 Å². The van der Waals surface area contributed by atoms with Crippen molar-refractivity contribution in [1.82, 2.24) is 5.32 Å². The molecule has 3 N–H and O–H groups in total. The summed E-state index contributed by atoms with van der Waals surface area (Å²) in [4.78, 5) is 50.2. The number of primary amides is 1. The van der Waals surface area contributed by atoms with E-state index in [-0.39, 0.29) is 22.6 Å². The van der Waals surface area contributed by atoms with E-state index in [1.807, 2.05) is 30.3 Å². The van der Waals surface area contributed by atoms with Crippen LogP contribution in [-0.2, 0) is 21.0 Å². The Morgan fingerprint density at radius 1 is 0.972 bits per heavy atom. The molecular formula is C26H20ClN3O6. The molecule has 3 aromatic rings. The van der Waals surface area contributed by atoms with E-state index in [0.29, 0.717) is 17.4 Å². The SMILES string of the molecule is NC(=O)COc1ccc(Cl)cc1/C=C1\C(=O)NC(=O)N(c2ccc(OCc3ccccc3)cc2)C1=O. The molecule has 1 saturated heterocycles. The lowest BCUT2D eigenvalue weighted by molar-refractivity contribution is -0.123. The van der Waals surface area contributed by atoms with Crippen LogP contribution in [0.5, 0.6) is 11.5 Å². The van der Waals surface area contributed by atoms with Crippen LogP contribution in [0.2, 0.25) is 5.02 Å². The molecule has 5 amide bonds. The Bertz CT molecular complexity index is 1360. The predicted molar refractivity (Wildman–Crippen MR) is 132 cm³/mol. The number of halogens is 1. The maximum absolute atomic E-state index is 13.2. The summed E-state index contributed by atoms with van der Waals surface area (Å²) in [7, 11) is 0. The molecule has 0 aliphatic carbocycles. The maximum Gasteiger partial charge on any atom is 0.335 e. The Balaban J connectivity index is 1.57. The molecule has 0 bridgehead atoms. The number of carbonyl (C=O) groups is 4. The van der Waals surface area contributed by atoms with Crippen molar-refractivity contribution in [3.63, 3.8) is 0 Å². The van der Waals surface area contributed by atoms with Gasteiger partial charge in [-0.15, -0.1) is 0 Å². The summed E-state index contributed by atoms with van der Waals surface area (Å²) in [6.45, 7) is -0.0637. The van der Waals surface area contributed by atoms with Gasteiger partial charge in [0.05, 0.1) is 5.69 Å². The number of rotatable bonds is 8. The number of nitrogens with two attached hydrogens (primary N) is 1. The number of anilines is 1. The van der Waals surface area contributed by atoms with Gasteiger partial charge in [-0.05, 0) is 54.1 Å². The molecular weight excluding hydrogens is 486 g/mol. The molecule has 9 nitrogen and oxygen atoms in total. The third kappa shape index (κ3) is 5.70. The minimum atomic E-state index is -0.892. The summed E-state index contributed by atoms with van der Waals surface area (Å²) in [5.74, 6) is -1.72. The Morgan fingerprint density at radius 3 is 2.39 bits per heavy atom. The van der Waals surface area contributed by atoms with Gasteiger partial charge in [-0.3, -0.25) is 19.7 Å². The zero-order valence-electron chi connectivity index (χ0n) is 18.8. The first-order valence-corrected chi connectivity index (χ1v) is 11.1. The van der Waals surface area contributed by atoms with E-state index >= 15 is 0 Å². The third-order valence-electron chi connectivity index (χ3n) is 5.09. The summed E-state index contributed by atoms with van der Waals surface area (Å²) in [6.07, 6.45) is 1.23. The molecule has 1 heterocycles. The molecule has 0 radical (unpaired) electrons. The lowest BCUT2D eigenvalue weighted by atomic mass is 10.1. The second kappa shape index (κ2) is 10.7. The minimum absolute atomic E-state index is 0.176. The number of barbiturate groups is 1. The van der Waals surface area contributed by atoms with Gasteiger partial charge in [-0.1, -0.05) is 41.9 Å². The Labute approximate surface area is 211 Å². The van der Waals surface area contributed by atoms with E-state index in [0.717, 1.165) is 10.5 Å². The van der Waals surface area contributed by atoms with Crippen LogP contribution in [0.4, 0.5) is 10.5 Å². The number of nitrogens with one attached hydrogen (secondary N) is 1. The van der Waals surface area contributed by atoms with Crippen LogP contribution in [0, 0.1) is 0 Å². The smallest absolute Gasteiger partial charge is 0.335 e. The van der Waals surface area contributed by atoms with Gasteiger partial charge in [-0.2, -0.15) is 0 Å². The van der Waals surface area contributed by atoms with E-state index in [9.17, 15) is 19.2 Å². The van der Waals surface area contributed by atoms with E-state index in [2.05, 4.69) is 5.32 Å². The topological polar surface area (TPSA) is 128 Å². The molecule has 1 aliphatic heterocycles. The van der Waals surface area contributed by atoms with E-state index in [4.69, 9.17) is 26.8 Å². The molecule has 4 rings (SSSR count). The molecule has 0 spiro atoms. The number of benzene rings is 3. The first-order chi connectivity index (χ1) is 17.3. The molecule has 36 heavy (non-hydrogen) atoms. The highest BCUT2D eigenvalue weighted by Crippen LogP contribution is 2.28. The molecule has 0 aromatic heterocycles. The normalized spacial score (nSPS) is 14.5. The van der Waals surface area contributed by atoms with Crippen LogP contribution in [0.15, 0.2) is 78.4 Å². The van der Waals surface area contributed by atoms with Crippen molar-refractivity contribution in [1.29, 1.82) is 0 Å². The van der Waals surface area contributed by atoms with Crippen molar-refractivity contribution in [2.24, 2.45) is 5.73 Å². The maximum atomic E-state index is 13.2. The number of hydrogen-bond donors (Lipinski definition) is 2. The highest BCUT2D eigenvalue weighted by atomic mass is 35.5. The fraction of sp³-hybridized carbons (Fsp3) is 0.0769. The van der Waals surface area contributed by atoms with Gasteiger partial charge in [0, 0.05) is 10.6 Å². The second-order valence-corrected chi connectivity index (χ2v) is 8.10. The number of amides is 5. The number of urea groups is 1. The average Bonchev–Trinajstić information content (AvgIpc) is 2.86. The summed E-state index contributed by atoms with van der Waals surface area (Å²) >= 11 is 6.06. The summed E-state index contributed by atoms with van der Waals surface area (Å²) < 4.78 is 11.1. The Hall–Kier alpha value is -4.63. The van der Waals surface area contributed by atoms with Gasteiger partial charge < -0.3 is 15.2 Å². The lowest BCUT2D eigenvalue weighted by Crippen LogP contribution is -2.54. The minimum Gasteiger partial charge on any atom is -0.489 e. The summed E-state index contributed by atoms with van der Waals surface area (Å²) in [6, 6.07) is 19.4. The molecule has 1 fully saturated rings. The van der Waals surface area contributed by atoms with Gasteiger partial charge in [0.2, 0.25) is 0 Å². The zero-order chi connectivity index (χ0) is 25.7. The first-order valence-electron chi connectivity index (χ1n) is 10.7. The Kier molecular flexibility index (Phi) is 7.31. The number of carbonyl (C=O) groups excluding carboxylic acids is 4. The predicted octanol–water partition coefficient (Wildman–Crippen LogP) is 3.45. The van der Waals surface area contributed by atoms with Gasteiger partial charge in [0.25, 0.3) is 17.7 Å². The second-order valence-electron chi connectivity index (χ2n) is 7.66. The summed E-state index contributed by atoms with van der Waals surface area (Å²) in [5, 5.41) is 2.46. The Morgan fingerprint density at radius 2 is 1.69 bits per heavy atom. The average molecular weight is 506 g/mol. The van der Waals surface area contributed by atoms with E-state index in [1.165, 1.54) is 36.4 Å². The fourth-order valence-electron chi connectivity index (χ4n) is 3.39. The largest absolute Gasteiger partial charge is 0.489 e. The number of nitrogens with zero attached hydrogens (tertiary/aromatic N) is 1. The lowest BCUT2D eigenvalue weighted by Gasteiger charge is -2.26. The molecule has 182 valence electrons. The molecule has 0 saturated carbocycles.